The van der Waals surface area contributed by atoms with Crippen LogP contribution in [0.1, 0.15) is 23.1 Å². The molecule has 19 heavy (non-hydrogen) atoms. The summed E-state index contributed by atoms with van der Waals surface area (Å²) in [5.74, 6) is -1.49. The molecule has 0 saturated carbocycles. The van der Waals surface area contributed by atoms with Crippen LogP contribution in [0.3, 0.4) is 0 Å². The van der Waals surface area contributed by atoms with Gasteiger partial charge in [0.05, 0.1) is 6.61 Å². The lowest BCUT2D eigenvalue weighted by atomic mass is 10.2. The molecule has 5 heteroatoms. The van der Waals surface area contributed by atoms with E-state index in [9.17, 15) is 9.59 Å². The summed E-state index contributed by atoms with van der Waals surface area (Å²) in [4.78, 5) is 27.2. The van der Waals surface area contributed by atoms with Gasteiger partial charge in [-0.15, -0.1) is 0 Å². The molecule has 1 aromatic heterocycles. The average molecular weight is 258 g/mol. The van der Waals surface area contributed by atoms with E-state index in [4.69, 9.17) is 4.74 Å². The number of nitrogens with zero attached hydrogens (tertiary/aromatic N) is 2. The minimum Gasteiger partial charge on any atom is -0.460 e. The number of aromatic nitrogens is 2. The zero-order valence-corrected chi connectivity index (χ0v) is 10.6. The van der Waals surface area contributed by atoms with E-state index in [1.165, 1.54) is 6.20 Å². The van der Waals surface area contributed by atoms with Crippen molar-refractivity contribution in [2.45, 2.75) is 13.5 Å². The van der Waals surface area contributed by atoms with Crippen LogP contribution >= 0.6 is 0 Å². The SMILES string of the molecule is CCOC(=O)C(=O)c1nccn1Cc1ccccc1. The first kappa shape index (κ1) is 13.0. The van der Waals surface area contributed by atoms with Crippen LogP contribution in [0, 0.1) is 0 Å². The van der Waals surface area contributed by atoms with Crippen molar-refractivity contribution in [1.29, 1.82) is 0 Å². The van der Waals surface area contributed by atoms with Crippen LogP contribution in [0.15, 0.2) is 42.7 Å². The number of hydrogen-bond donors (Lipinski definition) is 0. The molecule has 2 rings (SSSR count). The number of ketones is 1. The molecule has 0 aliphatic rings. The van der Waals surface area contributed by atoms with E-state index in [0.29, 0.717) is 6.54 Å². The lowest BCUT2D eigenvalue weighted by Crippen LogP contribution is -2.22. The van der Waals surface area contributed by atoms with Gasteiger partial charge in [-0.05, 0) is 12.5 Å². The average Bonchev–Trinajstić information content (AvgIpc) is 2.87. The van der Waals surface area contributed by atoms with Gasteiger partial charge in [-0.1, -0.05) is 30.3 Å². The first-order chi connectivity index (χ1) is 9.22. The van der Waals surface area contributed by atoms with Gasteiger partial charge in [-0.25, -0.2) is 9.78 Å². The first-order valence-corrected chi connectivity index (χ1v) is 5.99. The molecule has 0 N–H and O–H groups in total. The maximum Gasteiger partial charge on any atom is 0.383 e. The van der Waals surface area contributed by atoms with E-state index in [-0.39, 0.29) is 12.4 Å². The predicted molar refractivity (Wildman–Crippen MR) is 68.7 cm³/mol. The molecule has 1 aromatic carbocycles. The predicted octanol–water partition coefficient (Wildman–Crippen LogP) is 1.68. The molecule has 98 valence electrons. The fourth-order valence-corrected chi connectivity index (χ4v) is 1.71. The number of benzene rings is 1. The van der Waals surface area contributed by atoms with Crippen molar-refractivity contribution in [3.63, 3.8) is 0 Å². The van der Waals surface area contributed by atoms with E-state index >= 15 is 0 Å². The van der Waals surface area contributed by atoms with Gasteiger partial charge in [0.2, 0.25) is 0 Å². The Labute approximate surface area is 110 Å². The molecule has 0 saturated heterocycles. The summed E-state index contributed by atoms with van der Waals surface area (Å²) in [6, 6.07) is 9.64. The van der Waals surface area contributed by atoms with Crippen LogP contribution < -0.4 is 0 Å². The lowest BCUT2D eigenvalue weighted by Gasteiger charge is -2.06. The third kappa shape index (κ3) is 3.07. The highest BCUT2D eigenvalue weighted by atomic mass is 16.5. The fraction of sp³-hybridized carbons (Fsp3) is 0.214. The van der Waals surface area contributed by atoms with Crippen LogP contribution in [-0.2, 0) is 16.1 Å². The molecular weight excluding hydrogens is 244 g/mol. The topological polar surface area (TPSA) is 61.2 Å². The standard InChI is InChI=1S/C14H14N2O3/c1-2-19-14(18)12(17)13-15-8-9-16(13)10-11-6-4-3-5-7-11/h3-9H,2,10H2,1H3. The summed E-state index contributed by atoms with van der Waals surface area (Å²) in [5.41, 5.74) is 1.03. The second-order valence-electron chi connectivity index (χ2n) is 3.91. The van der Waals surface area contributed by atoms with Gasteiger partial charge in [0.25, 0.3) is 0 Å². The van der Waals surface area contributed by atoms with E-state index in [2.05, 4.69) is 4.98 Å². The number of ether oxygens (including phenoxy) is 1. The van der Waals surface area contributed by atoms with Gasteiger partial charge >= 0.3 is 11.8 Å². The maximum absolute atomic E-state index is 11.8. The number of carbonyl (C=O) groups excluding carboxylic acids is 2. The molecular formula is C14H14N2O3. The van der Waals surface area contributed by atoms with Gasteiger partial charge in [0, 0.05) is 18.9 Å². The highest BCUT2D eigenvalue weighted by Crippen LogP contribution is 2.06. The van der Waals surface area contributed by atoms with Crippen molar-refractivity contribution in [3.05, 3.63) is 54.1 Å². The molecule has 1 heterocycles. The summed E-state index contributed by atoms with van der Waals surface area (Å²) in [6.45, 7) is 2.31. The summed E-state index contributed by atoms with van der Waals surface area (Å²) < 4.78 is 6.32. The molecule has 0 aliphatic heterocycles. The Kier molecular flexibility index (Phi) is 4.07. The summed E-state index contributed by atoms with van der Waals surface area (Å²) in [5, 5.41) is 0. The molecule has 0 atom stereocenters. The molecule has 5 nitrogen and oxygen atoms in total. The normalized spacial score (nSPS) is 10.2. The van der Waals surface area contributed by atoms with Crippen molar-refractivity contribution >= 4 is 11.8 Å². The third-order valence-electron chi connectivity index (χ3n) is 2.58. The molecule has 0 aliphatic carbocycles. The Morgan fingerprint density at radius 2 is 2.00 bits per heavy atom. The number of hydrogen-bond acceptors (Lipinski definition) is 4. The van der Waals surface area contributed by atoms with E-state index in [1.807, 2.05) is 30.3 Å². The van der Waals surface area contributed by atoms with Crippen molar-refractivity contribution in [2.75, 3.05) is 6.61 Å². The van der Waals surface area contributed by atoms with Crippen molar-refractivity contribution < 1.29 is 14.3 Å². The molecule has 2 aromatic rings. The zero-order valence-electron chi connectivity index (χ0n) is 10.6. The van der Waals surface area contributed by atoms with Crippen molar-refractivity contribution in [1.82, 2.24) is 9.55 Å². The lowest BCUT2D eigenvalue weighted by molar-refractivity contribution is -0.137. The molecule has 0 radical (unpaired) electrons. The Balaban J connectivity index is 2.18. The Morgan fingerprint density at radius 3 is 2.68 bits per heavy atom. The monoisotopic (exact) mass is 258 g/mol. The Bertz CT molecular complexity index is 575. The van der Waals surface area contributed by atoms with Crippen molar-refractivity contribution in [3.8, 4) is 0 Å². The molecule has 0 fully saturated rings. The van der Waals surface area contributed by atoms with E-state index < -0.39 is 11.8 Å². The summed E-state index contributed by atoms with van der Waals surface area (Å²) in [6.07, 6.45) is 3.16. The molecule has 0 bridgehead atoms. The molecule has 0 amide bonds. The summed E-state index contributed by atoms with van der Waals surface area (Å²) >= 11 is 0. The molecule has 0 unspecified atom stereocenters. The van der Waals surface area contributed by atoms with Crippen LogP contribution in [0.25, 0.3) is 0 Å². The number of carbonyl (C=O) groups is 2. The Hall–Kier alpha value is -2.43. The number of esters is 1. The third-order valence-corrected chi connectivity index (χ3v) is 2.58. The van der Waals surface area contributed by atoms with Gasteiger partial charge in [0.15, 0.2) is 5.82 Å². The van der Waals surface area contributed by atoms with Crippen LogP contribution in [0.5, 0.6) is 0 Å². The highest BCUT2D eigenvalue weighted by Gasteiger charge is 2.22. The van der Waals surface area contributed by atoms with Gasteiger partial charge < -0.3 is 9.30 Å². The minimum absolute atomic E-state index is 0.0994. The number of Topliss-reactive ketones (excluding diaryl/α,β-unsaturated/α-hetero) is 1. The number of rotatable bonds is 5. The van der Waals surface area contributed by atoms with Gasteiger partial charge in [-0.2, -0.15) is 0 Å². The quantitative estimate of drug-likeness (QED) is 0.465. The largest absolute Gasteiger partial charge is 0.460 e. The smallest absolute Gasteiger partial charge is 0.383 e. The molecule has 0 spiro atoms. The maximum atomic E-state index is 11.8. The Morgan fingerprint density at radius 1 is 1.26 bits per heavy atom. The van der Waals surface area contributed by atoms with Gasteiger partial charge in [-0.3, -0.25) is 4.79 Å². The van der Waals surface area contributed by atoms with E-state index in [1.54, 1.807) is 17.7 Å². The van der Waals surface area contributed by atoms with Gasteiger partial charge in [0.1, 0.15) is 0 Å². The first-order valence-electron chi connectivity index (χ1n) is 5.99. The minimum atomic E-state index is -0.872. The summed E-state index contributed by atoms with van der Waals surface area (Å²) in [7, 11) is 0. The zero-order chi connectivity index (χ0) is 13.7. The second-order valence-corrected chi connectivity index (χ2v) is 3.91. The second kappa shape index (κ2) is 5.95. The van der Waals surface area contributed by atoms with E-state index in [0.717, 1.165) is 5.56 Å². The van der Waals surface area contributed by atoms with Crippen molar-refractivity contribution in [2.24, 2.45) is 0 Å². The van der Waals surface area contributed by atoms with Crippen LogP contribution in [0.4, 0.5) is 0 Å². The van der Waals surface area contributed by atoms with Crippen LogP contribution in [-0.4, -0.2) is 27.9 Å². The fourth-order valence-electron chi connectivity index (χ4n) is 1.71. The highest BCUT2D eigenvalue weighted by molar-refractivity contribution is 6.39. The van der Waals surface area contributed by atoms with Crippen LogP contribution in [0.2, 0.25) is 0 Å². The number of imidazole rings is 1.